The van der Waals surface area contributed by atoms with E-state index in [0.29, 0.717) is 6.42 Å². The molecule has 2 aliphatic carbocycles. The molecule has 3 aliphatic rings. The number of fused-ring (bicyclic) bond motifs is 1. The van der Waals surface area contributed by atoms with Crippen molar-refractivity contribution in [2.24, 2.45) is 22.7 Å². The van der Waals surface area contributed by atoms with Crippen LogP contribution in [0.1, 0.15) is 59.3 Å². The van der Waals surface area contributed by atoms with E-state index in [1.165, 1.54) is 5.57 Å². The minimum absolute atomic E-state index is 0.0386. The molecule has 8 heteroatoms. The van der Waals surface area contributed by atoms with E-state index in [2.05, 4.69) is 13.5 Å². The van der Waals surface area contributed by atoms with Crippen LogP contribution in [-0.4, -0.2) is 87.3 Å². The van der Waals surface area contributed by atoms with Crippen molar-refractivity contribution in [2.75, 3.05) is 19.8 Å². The highest BCUT2D eigenvalue weighted by atomic mass is 16.7. The fourth-order valence-corrected chi connectivity index (χ4v) is 6.81. The topological polar surface area (TPSA) is 140 Å². The maximum atomic E-state index is 11.1. The fourth-order valence-electron chi connectivity index (χ4n) is 6.81. The Labute approximate surface area is 202 Å². The van der Waals surface area contributed by atoms with Crippen LogP contribution in [0.4, 0.5) is 0 Å². The molecule has 2 unspecified atom stereocenters. The number of rotatable bonds is 8. The van der Waals surface area contributed by atoms with Gasteiger partial charge in [0.15, 0.2) is 6.29 Å². The van der Waals surface area contributed by atoms with Gasteiger partial charge in [-0.3, -0.25) is 0 Å². The average Bonchev–Trinajstić information content (AvgIpc) is 2.79. The molecule has 1 heterocycles. The first-order chi connectivity index (χ1) is 16.0. The van der Waals surface area contributed by atoms with Gasteiger partial charge >= 0.3 is 0 Å². The molecule has 1 aliphatic heterocycles. The van der Waals surface area contributed by atoms with Crippen LogP contribution in [0.2, 0.25) is 0 Å². The van der Waals surface area contributed by atoms with E-state index in [0.717, 1.165) is 37.7 Å². The van der Waals surface area contributed by atoms with Gasteiger partial charge in [0, 0.05) is 5.41 Å². The fraction of sp³-hybridized carbons (Fsp3) is 0.846. The average molecular weight is 485 g/mol. The Morgan fingerprint density at radius 1 is 1.12 bits per heavy atom. The first-order valence-electron chi connectivity index (χ1n) is 12.5. The highest BCUT2D eigenvalue weighted by Gasteiger charge is 2.58. The van der Waals surface area contributed by atoms with Gasteiger partial charge in [0.2, 0.25) is 0 Å². The summed E-state index contributed by atoms with van der Waals surface area (Å²) < 4.78 is 11.5. The molecule has 34 heavy (non-hydrogen) atoms. The van der Waals surface area contributed by atoms with Gasteiger partial charge in [-0.2, -0.15) is 0 Å². The molecule has 0 aromatic carbocycles. The van der Waals surface area contributed by atoms with E-state index < -0.39 is 48.8 Å². The zero-order valence-electron chi connectivity index (χ0n) is 20.8. The smallest absolute Gasteiger partial charge is 0.186 e. The van der Waals surface area contributed by atoms with Crippen molar-refractivity contribution in [3.63, 3.8) is 0 Å². The SMILES string of the molecule is C=C1CC[C@@H]2[C@@](C)(CO[C@@H]3O[C@H](CO)C(O)[C@H](O)C3O)[C@H](O)CC[C@@]2(C)[C@@H]1CC/C(C)=C/CO. The molecule has 1 saturated heterocycles. The summed E-state index contributed by atoms with van der Waals surface area (Å²) in [5.74, 6) is 0.429. The number of hydrogen-bond donors (Lipinski definition) is 6. The molecule has 0 spiro atoms. The van der Waals surface area contributed by atoms with Crippen molar-refractivity contribution in [1.82, 2.24) is 0 Å². The first kappa shape index (κ1) is 27.7. The molecular formula is C26H44O8. The first-order valence-corrected chi connectivity index (χ1v) is 12.5. The normalized spacial score (nSPS) is 45.8. The summed E-state index contributed by atoms with van der Waals surface area (Å²) in [6.45, 7) is 10.4. The number of hydrogen-bond acceptors (Lipinski definition) is 8. The molecule has 0 aromatic heterocycles. The minimum Gasteiger partial charge on any atom is -0.394 e. The van der Waals surface area contributed by atoms with Crippen LogP contribution >= 0.6 is 0 Å². The van der Waals surface area contributed by atoms with Gasteiger partial charge < -0.3 is 40.1 Å². The Balaban J connectivity index is 1.78. The van der Waals surface area contributed by atoms with Crippen LogP contribution in [0.3, 0.4) is 0 Å². The van der Waals surface area contributed by atoms with Crippen LogP contribution < -0.4 is 0 Å². The number of ether oxygens (including phenoxy) is 2. The van der Waals surface area contributed by atoms with Crippen LogP contribution in [0.25, 0.3) is 0 Å². The third-order valence-electron chi connectivity index (χ3n) is 9.03. The van der Waals surface area contributed by atoms with Crippen LogP contribution in [-0.2, 0) is 9.47 Å². The molecule has 196 valence electrons. The summed E-state index contributed by atoms with van der Waals surface area (Å²) in [6, 6.07) is 0. The number of aliphatic hydroxyl groups is 6. The van der Waals surface area contributed by atoms with Crippen molar-refractivity contribution in [1.29, 1.82) is 0 Å². The van der Waals surface area contributed by atoms with E-state index in [4.69, 9.17) is 9.47 Å². The molecule has 2 saturated carbocycles. The predicted molar refractivity (Wildman–Crippen MR) is 127 cm³/mol. The highest BCUT2D eigenvalue weighted by molar-refractivity contribution is 5.18. The highest BCUT2D eigenvalue weighted by Crippen LogP contribution is 2.62. The molecule has 0 bridgehead atoms. The molecule has 10 atom stereocenters. The van der Waals surface area contributed by atoms with Crippen LogP contribution in [0.15, 0.2) is 23.8 Å². The van der Waals surface area contributed by atoms with Gasteiger partial charge in [-0.15, -0.1) is 0 Å². The van der Waals surface area contributed by atoms with E-state index in [1.54, 1.807) is 0 Å². The van der Waals surface area contributed by atoms with E-state index in [1.807, 2.05) is 19.9 Å². The lowest BCUT2D eigenvalue weighted by Crippen LogP contribution is -2.61. The van der Waals surface area contributed by atoms with Crippen molar-refractivity contribution in [3.05, 3.63) is 23.8 Å². The molecule has 6 N–H and O–H groups in total. The van der Waals surface area contributed by atoms with Gasteiger partial charge in [-0.1, -0.05) is 37.6 Å². The van der Waals surface area contributed by atoms with E-state index >= 15 is 0 Å². The van der Waals surface area contributed by atoms with Gasteiger partial charge in [0.25, 0.3) is 0 Å². The van der Waals surface area contributed by atoms with Crippen molar-refractivity contribution >= 4 is 0 Å². The summed E-state index contributed by atoms with van der Waals surface area (Å²) >= 11 is 0. The Bertz CT molecular complexity index is 738. The lowest BCUT2D eigenvalue weighted by Gasteiger charge is -2.60. The van der Waals surface area contributed by atoms with Crippen LogP contribution in [0.5, 0.6) is 0 Å². The van der Waals surface area contributed by atoms with E-state index in [-0.39, 0.29) is 30.5 Å². The summed E-state index contributed by atoms with van der Waals surface area (Å²) in [6.07, 6.45) is -0.335. The summed E-state index contributed by atoms with van der Waals surface area (Å²) in [5.41, 5.74) is 1.71. The molecule has 3 rings (SSSR count). The Hall–Kier alpha value is -0.840. The second-order valence-electron chi connectivity index (χ2n) is 11.1. The zero-order valence-corrected chi connectivity index (χ0v) is 20.8. The van der Waals surface area contributed by atoms with Gasteiger partial charge in [-0.05, 0) is 62.7 Å². The molecule has 3 fully saturated rings. The second-order valence-corrected chi connectivity index (χ2v) is 11.1. The minimum atomic E-state index is -1.50. The summed E-state index contributed by atoms with van der Waals surface area (Å²) in [5, 5.41) is 60.3. The second kappa shape index (κ2) is 11.0. The Morgan fingerprint density at radius 3 is 2.47 bits per heavy atom. The van der Waals surface area contributed by atoms with Crippen LogP contribution in [0, 0.1) is 22.7 Å². The summed E-state index contributed by atoms with van der Waals surface area (Å²) in [4.78, 5) is 0. The van der Waals surface area contributed by atoms with Crippen molar-refractivity contribution in [2.45, 2.75) is 96.1 Å². The molecule has 0 amide bonds. The van der Waals surface area contributed by atoms with Crippen molar-refractivity contribution in [3.8, 4) is 0 Å². The standard InChI is InChI=1S/C26H44O8/c1-15(10-12-27)5-7-17-16(2)6-8-19-25(17,3)11-9-20(29)26(19,4)14-33-24-23(32)22(31)21(30)18(13-28)34-24/h10,17-24,27-32H,2,5-9,11-14H2,1,3-4H3/b15-10+/t17-,18-,19+,20-,21?,22+,23?,24-,25+,26-/m1/s1. The maximum absolute atomic E-state index is 11.1. The number of aliphatic hydroxyl groups excluding tert-OH is 6. The van der Waals surface area contributed by atoms with Gasteiger partial charge in [0.05, 0.1) is 25.9 Å². The monoisotopic (exact) mass is 484 g/mol. The van der Waals surface area contributed by atoms with Gasteiger partial charge in [0.1, 0.15) is 24.4 Å². The maximum Gasteiger partial charge on any atom is 0.186 e. The molecule has 0 radical (unpaired) electrons. The molecular weight excluding hydrogens is 440 g/mol. The zero-order chi connectivity index (χ0) is 25.3. The van der Waals surface area contributed by atoms with Gasteiger partial charge in [-0.25, -0.2) is 0 Å². The Morgan fingerprint density at radius 2 is 1.82 bits per heavy atom. The lowest BCUT2D eigenvalue weighted by molar-refractivity contribution is -0.313. The summed E-state index contributed by atoms with van der Waals surface area (Å²) in [7, 11) is 0. The van der Waals surface area contributed by atoms with E-state index in [9.17, 15) is 30.6 Å². The lowest BCUT2D eigenvalue weighted by atomic mass is 9.46. The predicted octanol–water partition coefficient (Wildman–Crippen LogP) is 1.27. The molecule has 0 aromatic rings. The quantitative estimate of drug-likeness (QED) is 0.283. The third-order valence-corrected chi connectivity index (χ3v) is 9.03. The molecule has 8 nitrogen and oxygen atoms in total. The third kappa shape index (κ3) is 5.15. The Kier molecular flexibility index (Phi) is 9.02. The van der Waals surface area contributed by atoms with Crippen molar-refractivity contribution < 1.29 is 40.1 Å². The largest absolute Gasteiger partial charge is 0.394 e. The number of allylic oxidation sites excluding steroid dienone is 2.